The van der Waals surface area contributed by atoms with Crippen LogP contribution >= 0.6 is 0 Å². The van der Waals surface area contributed by atoms with Gasteiger partial charge in [0.15, 0.2) is 0 Å². The fourth-order valence-electron chi connectivity index (χ4n) is 1.53. The monoisotopic (exact) mass is 204 g/mol. The zero-order valence-corrected chi connectivity index (χ0v) is 8.26. The second kappa shape index (κ2) is 4.13. The van der Waals surface area contributed by atoms with Crippen LogP contribution in [0, 0.1) is 0 Å². The largest absolute Gasteiger partial charge is 0.481 e. The van der Waals surface area contributed by atoms with Gasteiger partial charge in [-0.1, -0.05) is 6.07 Å². The standard InChI is InChI=1S/C11H12N2O2/c14-11(15)6-3-4-9-8-13-7-2-1-5-10(13)12-9/h1-2,5,7-8H,3-4,6H2,(H,14,15). The van der Waals surface area contributed by atoms with Crippen molar-refractivity contribution >= 4 is 11.6 Å². The molecule has 0 saturated carbocycles. The molecule has 78 valence electrons. The summed E-state index contributed by atoms with van der Waals surface area (Å²) >= 11 is 0. The first-order chi connectivity index (χ1) is 7.25. The Morgan fingerprint density at radius 1 is 1.47 bits per heavy atom. The van der Waals surface area contributed by atoms with Gasteiger partial charge in [0.2, 0.25) is 0 Å². The lowest BCUT2D eigenvalue weighted by molar-refractivity contribution is -0.137. The number of fused-ring (bicyclic) bond motifs is 1. The third-order valence-corrected chi connectivity index (χ3v) is 2.24. The van der Waals surface area contributed by atoms with Crippen molar-refractivity contribution in [2.45, 2.75) is 19.3 Å². The second-order valence-corrected chi connectivity index (χ2v) is 3.45. The van der Waals surface area contributed by atoms with E-state index in [1.165, 1.54) is 0 Å². The molecule has 15 heavy (non-hydrogen) atoms. The quantitative estimate of drug-likeness (QED) is 0.825. The molecular weight excluding hydrogens is 192 g/mol. The van der Waals surface area contributed by atoms with Gasteiger partial charge in [-0.3, -0.25) is 4.79 Å². The van der Waals surface area contributed by atoms with Gasteiger partial charge in [-0.25, -0.2) is 4.98 Å². The average Bonchev–Trinajstić information content (AvgIpc) is 2.59. The molecule has 0 aliphatic carbocycles. The molecule has 0 bridgehead atoms. The van der Waals surface area contributed by atoms with E-state index >= 15 is 0 Å². The highest BCUT2D eigenvalue weighted by atomic mass is 16.4. The number of carboxylic acid groups (broad SMARTS) is 1. The van der Waals surface area contributed by atoms with Crippen LogP contribution in [0.1, 0.15) is 18.5 Å². The molecule has 0 saturated heterocycles. The Kier molecular flexibility index (Phi) is 2.67. The fraction of sp³-hybridized carbons (Fsp3) is 0.273. The zero-order chi connectivity index (χ0) is 10.7. The van der Waals surface area contributed by atoms with Crippen LogP contribution in [0.3, 0.4) is 0 Å². The minimum absolute atomic E-state index is 0.202. The summed E-state index contributed by atoms with van der Waals surface area (Å²) in [7, 11) is 0. The predicted molar refractivity (Wildman–Crippen MR) is 55.8 cm³/mol. The van der Waals surface area contributed by atoms with Gasteiger partial charge in [-0.15, -0.1) is 0 Å². The first-order valence-corrected chi connectivity index (χ1v) is 4.90. The fourth-order valence-corrected chi connectivity index (χ4v) is 1.53. The maximum absolute atomic E-state index is 10.3. The van der Waals surface area contributed by atoms with E-state index in [2.05, 4.69) is 4.98 Å². The number of hydrogen-bond acceptors (Lipinski definition) is 2. The Balaban J connectivity index is 2.05. The summed E-state index contributed by atoms with van der Waals surface area (Å²) in [6.45, 7) is 0. The van der Waals surface area contributed by atoms with Crippen LogP contribution < -0.4 is 0 Å². The molecule has 1 N–H and O–H groups in total. The van der Waals surface area contributed by atoms with Gasteiger partial charge in [0.05, 0.1) is 5.69 Å². The van der Waals surface area contributed by atoms with Gasteiger partial charge in [0.1, 0.15) is 5.65 Å². The molecule has 4 heteroatoms. The molecule has 0 unspecified atom stereocenters. The molecule has 2 heterocycles. The Bertz CT molecular complexity index is 443. The number of carboxylic acids is 1. The highest BCUT2D eigenvalue weighted by molar-refractivity contribution is 5.66. The van der Waals surface area contributed by atoms with E-state index in [1.54, 1.807) is 0 Å². The van der Waals surface area contributed by atoms with Crippen molar-refractivity contribution in [3.63, 3.8) is 0 Å². The molecule has 0 aliphatic rings. The van der Waals surface area contributed by atoms with Gasteiger partial charge < -0.3 is 9.51 Å². The number of pyridine rings is 1. The van der Waals surface area contributed by atoms with E-state index in [0.717, 1.165) is 11.3 Å². The topological polar surface area (TPSA) is 54.6 Å². The first-order valence-electron chi connectivity index (χ1n) is 4.90. The minimum atomic E-state index is -0.751. The molecule has 0 spiro atoms. The lowest BCUT2D eigenvalue weighted by Crippen LogP contribution is -1.95. The van der Waals surface area contributed by atoms with Crippen molar-refractivity contribution in [2.75, 3.05) is 0 Å². The normalized spacial score (nSPS) is 10.7. The van der Waals surface area contributed by atoms with Crippen LogP contribution in [0.4, 0.5) is 0 Å². The zero-order valence-electron chi connectivity index (χ0n) is 8.26. The highest BCUT2D eigenvalue weighted by Gasteiger charge is 2.02. The van der Waals surface area contributed by atoms with Gasteiger partial charge >= 0.3 is 5.97 Å². The van der Waals surface area contributed by atoms with Crippen LogP contribution in [0.25, 0.3) is 5.65 Å². The third-order valence-electron chi connectivity index (χ3n) is 2.24. The number of carbonyl (C=O) groups is 1. The Morgan fingerprint density at radius 2 is 2.33 bits per heavy atom. The lowest BCUT2D eigenvalue weighted by Gasteiger charge is -1.92. The molecule has 0 aliphatic heterocycles. The number of aliphatic carboxylic acids is 1. The van der Waals surface area contributed by atoms with Crippen molar-refractivity contribution in [2.24, 2.45) is 0 Å². The van der Waals surface area contributed by atoms with Gasteiger partial charge in [0, 0.05) is 18.8 Å². The average molecular weight is 204 g/mol. The van der Waals surface area contributed by atoms with Crippen molar-refractivity contribution in [3.8, 4) is 0 Å². The number of aryl methyl sites for hydroxylation is 1. The summed E-state index contributed by atoms with van der Waals surface area (Å²) in [5.41, 5.74) is 1.85. The van der Waals surface area contributed by atoms with E-state index in [-0.39, 0.29) is 6.42 Å². The summed E-state index contributed by atoms with van der Waals surface area (Å²) in [5, 5.41) is 8.51. The molecule has 0 aromatic carbocycles. The predicted octanol–water partition coefficient (Wildman–Crippen LogP) is 1.74. The Morgan fingerprint density at radius 3 is 3.07 bits per heavy atom. The van der Waals surface area contributed by atoms with E-state index in [9.17, 15) is 4.79 Å². The maximum atomic E-state index is 10.3. The number of imidazole rings is 1. The SMILES string of the molecule is O=C(O)CCCc1cn2ccccc2n1. The summed E-state index contributed by atoms with van der Waals surface area (Å²) in [4.78, 5) is 14.7. The molecule has 0 amide bonds. The minimum Gasteiger partial charge on any atom is -0.481 e. The lowest BCUT2D eigenvalue weighted by atomic mass is 10.2. The van der Waals surface area contributed by atoms with E-state index in [1.807, 2.05) is 35.0 Å². The molecule has 0 fully saturated rings. The van der Waals surface area contributed by atoms with E-state index in [4.69, 9.17) is 5.11 Å². The number of rotatable bonds is 4. The molecule has 0 radical (unpaired) electrons. The molecule has 2 rings (SSSR count). The van der Waals surface area contributed by atoms with Crippen LogP contribution in [-0.4, -0.2) is 20.5 Å². The van der Waals surface area contributed by atoms with Gasteiger partial charge in [0.25, 0.3) is 0 Å². The van der Waals surface area contributed by atoms with Gasteiger partial charge in [-0.05, 0) is 25.0 Å². The Labute approximate surface area is 87.2 Å². The molecule has 2 aromatic rings. The molecular formula is C11H12N2O2. The summed E-state index contributed by atoms with van der Waals surface area (Å²) in [6, 6.07) is 5.81. The summed E-state index contributed by atoms with van der Waals surface area (Å²) < 4.78 is 1.94. The van der Waals surface area contributed by atoms with Crippen molar-refractivity contribution < 1.29 is 9.90 Å². The molecule has 0 atom stereocenters. The number of hydrogen-bond donors (Lipinski definition) is 1. The third kappa shape index (κ3) is 2.34. The smallest absolute Gasteiger partial charge is 0.303 e. The first kappa shape index (κ1) is 9.71. The van der Waals surface area contributed by atoms with Crippen LogP contribution in [0.2, 0.25) is 0 Å². The summed E-state index contributed by atoms with van der Waals surface area (Å²) in [5.74, 6) is -0.751. The van der Waals surface area contributed by atoms with Crippen molar-refractivity contribution in [3.05, 3.63) is 36.3 Å². The molecule has 4 nitrogen and oxygen atoms in total. The van der Waals surface area contributed by atoms with Crippen molar-refractivity contribution in [1.82, 2.24) is 9.38 Å². The van der Waals surface area contributed by atoms with E-state index in [0.29, 0.717) is 12.8 Å². The van der Waals surface area contributed by atoms with Crippen LogP contribution in [0.15, 0.2) is 30.6 Å². The summed E-state index contributed by atoms with van der Waals surface area (Å²) in [6.07, 6.45) is 5.43. The Hall–Kier alpha value is -1.84. The molecule has 2 aromatic heterocycles. The van der Waals surface area contributed by atoms with Crippen LogP contribution in [-0.2, 0) is 11.2 Å². The highest BCUT2D eigenvalue weighted by Crippen LogP contribution is 2.07. The van der Waals surface area contributed by atoms with Crippen molar-refractivity contribution in [1.29, 1.82) is 0 Å². The van der Waals surface area contributed by atoms with Crippen LogP contribution in [0.5, 0.6) is 0 Å². The number of aromatic nitrogens is 2. The second-order valence-electron chi connectivity index (χ2n) is 3.45. The van der Waals surface area contributed by atoms with Gasteiger partial charge in [-0.2, -0.15) is 0 Å². The maximum Gasteiger partial charge on any atom is 0.303 e. The number of nitrogens with zero attached hydrogens (tertiary/aromatic N) is 2. The van der Waals surface area contributed by atoms with E-state index < -0.39 is 5.97 Å².